The third-order valence-electron chi connectivity index (χ3n) is 4.50. The fourth-order valence-electron chi connectivity index (χ4n) is 2.83. The number of carbonyl (C=O) groups excluding carboxylic acids is 1. The smallest absolute Gasteiger partial charge is 0.413 e. The van der Waals surface area contributed by atoms with Crippen LogP contribution in [0.15, 0.2) is 85.1 Å². The molecule has 1 amide bonds. The van der Waals surface area contributed by atoms with Gasteiger partial charge in [0.05, 0.1) is 17.2 Å². The lowest BCUT2D eigenvalue weighted by atomic mass is 10.3. The largest absolute Gasteiger partial charge is 0.457 e. The SMILES string of the molecule is CC(C#Cc1cnc(Oc2ccc(Oc3ccccc3)cc2)s1)NC(=O)Oc1ccc([N+](=O)[O-])cc1. The third-order valence-corrected chi connectivity index (χ3v) is 5.29. The second kappa shape index (κ2) is 11.5. The zero-order valence-electron chi connectivity index (χ0n) is 18.9. The van der Waals surface area contributed by atoms with Gasteiger partial charge < -0.3 is 19.5 Å². The predicted octanol–water partition coefficient (Wildman–Crippen LogP) is 6.16. The molecule has 10 heteroatoms. The summed E-state index contributed by atoms with van der Waals surface area (Å²) in [5.41, 5.74) is -0.0935. The molecule has 36 heavy (non-hydrogen) atoms. The molecule has 1 unspecified atom stereocenters. The number of nitrogens with one attached hydrogen (secondary N) is 1. The second-order valence-corrected chi connectivity index (χ2v) is 8.25. The van der Waals surface area contributed by atoms with Crippen LogP contribution in [0.25, 0.3) is 0 Å². The molecule has 1 atom stereocenters. The Hall–Kier alpha value is -4.88. The molecule has 9 nitrogen and oxygen atoms in total. The van der Waals surface area contributed by atoms with Crippen LogP contribution in [-0.4, -0.2) is 22.0 Å². The number of hydrogen-bond donors (Lipinski definition) is 1. The fourth-order valence-corrected chi connectivity index (χ4v) is 3.48. The normalized spacial score (nSPS) is 10.9. The van der Waals surface area contributed by atoms with Crippen LogP contribution in [0.3, 0.4) is 0 Å². The minimum Gasteiger partial charge on any atom is -0.457 e. The van der Waals surface area contributed by atoms with Crippen LogP contribution < -0.4 is 19.5 Å². The fraction of sp³-hybridized carbons (Fsp3) is 0.0769. The number of para-hydroxylation sites is 1. The van der Waals surface area contributed by atoms with Crippen molar-refractivity contribution in [3.63, 3.8) is 0 Å². The maximum atomic E-state index is 12.0. The van der Waals surface area contributed by atoms with Gasteiger partial charge in [0.2, 0.25) is 0 Å². The van der Waals surface area contributed by atoms with E-state index in [0.717, 1.165) is 5.75 Å². The molecule has 0 spiro atoms. The number of aromatic nitrogens is 1. The van der Waals surface area contributed by atoms with Crippen molar-refractivity contribution >= 4 is 23.1 Å². The molecule has 0 aliphatic heterocycles. The minimum absolute atomic E-state index is 0.0935. The standard InChI is InChI=1S/C26H19N3O6S/c1-18(28-25(30)34-22-10-8-19(9-11-22)29(31)32)7-16-24-17-27-26(36-24)35-23-14-12-21(13-15-23)33-20-5-3-2-4-6-20/h2-6,8-15,17-18H,1H3,(H,28,30). The quantitative estimate of drug-likeness (QED) is 0.183. The van der Waals surface area contributed by atoms with E-state index in [1.807, 2.05) is 30.3 Å². The summed E-state index contributed by atoms with van der Waals surface area (Å²) < 4.78 is 16.6. The van der Waals surface area contributed by atoms with Crippen molar-refractivity contribution in [2.24, 2.45) is 0 Å². The molecule has 4 rings (SSSR count). The third kappa shape index (κ3) is 7.06. The van der Waals surface area contributed by atoms with Gasteiger partial charge in [-0.15, -0.1) is 0 Å². The first-order valence-corrected chi connectivity index (χ1v) is 11.5. The summed E-state index contributed by atoms with van der Waals surface area (Å²) >= 11 is 1.26. The minimum atomic E-state index is -0.723. The summed E-state index contributed by atoms with van der Waals surface area (Å²) in [6.07, 6.45) is 0.862. The Kier molecular flexibility index (Phi) is 7.75. The maximum absolute atomic E-state index is 12.0. The Bertz CT molecular complexity index is 1390. The number of carbonyl (C=O) groups is 1. The number of rotatable bonds is 7. The Morgan fingerprint density at radius 1 is 0.944 bits per heavy atom. The van der Waals surface area contributed by atoms with Gasteiger partial charge in [0.25, 0.3) is 10.9 Å². The highest BCUT2D eigenvalue weighted by molar-refractivity contribution is 7.13. The van der Waals surface area contributed by atoms with Crippen molar-refractivity contribution in [1.29, 1.82) is 0 Å². The van der Waals surface area contributed by atoms with Gasteiger partial charge in [-0.3, -0.25) is 10.1 Å². The van der Waals surface area contributed by atoms with Crippen LogP contribution in [0.5, 0.6) is 28.2 Å². The summed E-state index contributed by atoms with van der Waals surface area (Å²) in [6, 6.07) is 21.3. The van der Waals surface area contributed by atoms with Gasteiger partial charge in [0.1, 0.15) is 27.9 Å². The van der Waals surface area contributed by atoms with Crippen LogP contribution in [0.1, 0.15) is 11.8 Å². The van der Waals surface area contributed by atoms with Gasteiger partial charge in [0.15, 0.2) is 0 Å². The average Bonchev–Trinajstić information content (AvgIpc) is 3.32. The van der Waals surface area contributed by atoms with Gasteiger partial charge >= 0.3 is 6.09 Å². The van der Waals surface area contributed by atoms with E-state index in [9.17, 15) is 14.9 Å². The summed E-state index contributed by atoms with van der Waals surface area (Å²) in [5, 5.41) is 13.7. The first-order valence-electron chi connectivity index (χ1n) is 10.7. The Balaban J connectivity index is 1.27. The van der Waals surface area contributed by atoms with Gasteiger partial charge in [-0.2, -0.15) is 0 Å². The molecule has 0 saturated carbocycles. The molecule has 180 valence electrons. The molecule has 0 bridgehead atoms. The molecule has 0 fully saturated rings. The Labute approximate surface area is 210 Å². The van der Waals surface area contributed by atoms with Gasteiger partial charge in [-0.05, 0) is 55.5 Å². The van der Waals surface area contributed by atoms with Crippen LogP contribution >= 0.6 is 11.3 Å². The molecule has 1 aromatic heterocycles. The van der Waals surface area contributed by atoms with E-state index >= 15 is 0 Å². The number of ether oxygens (including phenoxy) is 3. The van der Waals surface area contributed by atoms with Crippen LogP contribution in [-0.2, 0) is 0 Å². The number of thiazole rings is 1. The number of hydrogen-bond acceptors (Lipinski definition) is 8. The van der Waals surface area contributed by atoms with E-state index in [0.29, 0.717) is 21.6 Å². The molecule has 4 aromatic rings. The van der Waals surface area contributed by atoms with E-state index in [1.165, 1.54) is 35.6 Å². The summed E-state index contributed by atoms with van der Waals surface area (Å²) in [6.45, 7) is 1.70. The highest BCUT2D eigenvalue weighted by atomic mass is 32.1. The van der Waals surface area contributed by atoms with Gasteiger partial charge in [0, 0.05) is 12.1 Å². The number of nitro groups is 1. The molecule has 1 heterocycles. The summed E-state index contributed by atoms with van der Waals surface area (Å²) in [7, 11) is 0. The zero-order valence-corrected chi connectivity index (χ0v) is 19.7. The van der Waals surface area contributed by atoms with Crippen LogP contribution in [0.2, 0.25) is 0 Å². The average molecular weight is 502 g/mol. The van der Waals surface area contributed by atoms with Crippen molar-refractivity contribution in [2.75, 3.05) is 0 Å². The number of nitro benzene ring substituents is 1. The topological polar surface area (TPSA) is 113 Å². The van der Waals surface area contributed by atoms with E-state index in [2.05, 4.69) is 22.1 Å². The Morgan fingerprint density at radius 2 is 1.56 bits per heavy atom. The summed E-state index contributed by atoms with van der Waals surface area (Å²) in [4.78, 5) is 27.0. The van der Waals surface area contributed by atoms with Crippen LogP contribution in [0, 0.1) is 22.0 Å². The predicted molar refractivity (Wildman–Crippen MR) is 134 cm³/mol. The van der Waals surface area contributed by atoms with Crippen molar-refractivity contribution in [2.45, 2.75) is 13.0 Å². The van der Waals surface area contributed by atoms with Crippen molar-refractivity contribution in [3.05, 3.63) is 100 Å². The molecular weight excluding hydrogens is 482 g/mol. The molecule has 0 radical (unpaired) electrons. The molecule has 3 aromatic carbocycles. The van der Waals surface area contributed by atoms with E-state index < -0.39 is 17.1 Å². The molecule has 0 saturated heterocycles. The van der Waals surface area contributed by atoms with E-state index in [4.69, 9.17) is 14.2 Å². The monoisotopic (exact) mass is 501 g/mol. The number of non-ortho nitro benzene ring substituents is 1. The van der Waals surface area contributed by atoms with Crippen LogP contribution in [0.4, 0.5) is 10.5 Å². The van der Waals surface area contributed by atoms with Gasteiger partial charge in [-0.1, -0.05) is 41.4 Å². The highest BCUT2D eigenvalue weighted by Gasteiger charge is 2.10. The molecular formula is C26H19N3O6S. The van der Waals surface area contributed by atoms with Crippen molar-refractivity contribution < 1.29 is 23.9 Å². The molecule has 0 aliphatic carbocycles. The van der Waals surface area contributed by atoms with Crippen molar-refractivity contribution in [3.8, 4) is 40.0 Å². The molecule has 0 aliphatic rings. The number of benzene rings is 3. The lowest BCUT2D eigenvalue weighted by Gasteiger charge is -2.08. The Morgan fingerprint density at radius 3 is 2.22 bits per heavy atom. The van der Waals surface area contributed by atoms with Crippen molar-refractivity contribution in [1.82, 2.24) is 10.3 Å². The first kappa shape index (κ1) is 24.3. The first-order chi connectivity index (χ1) is 17.4. The highest BCUT2D eigenvalue weighted by Crippen LogP contribution is 2.29. The van der Waals surface area contributed by atoms with Gasteiger partial charge in [-0.25, -0.2) is 9.78 Å². The lowest BCUT2D eigenvalue weighted by Crippen LogP contribution is -2.33. The summed E-state index contributed by atoms with van der Waals surface area (Å²) in [5.74, 6) is 8.05. The lowest BCUT2D eigenvalue weighted by molar-refractivity contribution is -0.384. The zero-order chi connectivity index (χ0) is 25.3. The second-order valence-electron chi connectivity index (χ2n) is 7.25. The maximum Gasteiger partial charge on any atom is 0.413 e. The number of amides is 1. The molecule has 1 N–H and O–H groups in total. The number of nitrogens with zero attached hydrogens (tertiary/aromatic N) is 2. The van der Waals surface area contributed by atoms with E-state index in [1.54, 1.807) is 37.4 Å². The van der Waals surface area contributed by atoms with E-state index in [-0.39, 0.29) is 11.4 Å².